The van der Waals surface area contributed by atoms with Crippen molar-refractivity contribution >= 4 is 0 Å². The van der Waals surface area contributed by atoms with Gasteiger partial charge in [0.2, 0.25) is 0 Å². The predicted octanol–water partition coefficient (Wildman–Crippen LogP) is 2.42. The van der Waals surface area contributed by atoms with E-state index in [-0.39, 0.29) is 0 Å². The molecule has 0 bridgehead atoms. The molecular weight excluding hydrogens is 166 g/mol. The molecule has 1 aromatic rings. The van der Waals surface area contributed by atoms with Gasteiger partial charge >= 0.3 is 6.07 Å². The number of hydrogen-bond donors (Lipinski definition) is 0. The van der Waals surface area contributed by atoms with Crippen LogP contribution in [0.5, 0.6) is 0 Å². The molecule has 3 heteroatoms. The summed E-state index contributed by atoms with van der Waals surface area (Å²) in [6, 6.07) is 12.1. The molecule has 0 saturated carbocycles. The van der Waals surface area contributed by atoms with Gasteiger partial charge in [-0.3, -0.25) is 0 Å². The first-order valence-corrected chi connectivity index (χ1v) is 4.10. The summed E-state index contributed by atoms with van der Waals surface area (Å²) in [6.07, 6.45) is 0.455. The molecule has 0 heterocycles. The molecule has 0 N–H and O–H groups in total. The molecule has 0 aromatic heterocycles. The first-order valence-electron chi connectivity index (χ1n) is 4.10. The summed E-state index contributed by atoms with van der Waals surface area (Å²) in [4.78, 5) is 0. The predicted molar refractivity (Wildman–Crippen MR) is 51.3 cm³/mol. The van der Waals surface area contributed by atoms with Crippen LogP contribution < -0.4 is 0 Å². The lowest BCUT2D eigenvalue weighted by molar-refractivity contribution is 0.126. The van der Waals surface area contributed by atoms with Gasteiger partial charge < -0.3 is 9.94 Å². The third-order valence-corrected chi connectivity index (χ3v) is 1.53. The topological polar surface area (TPSA) is 36.6 Å². The van der Waals surface area contributed by atoms with Crippen LogP contribution >= 0.6 is 0 Å². The van der Waals surface area contributed by atoms with Crippen LogP contribution in [0, 0.1) is 11.3 Å². The van der Waals surface area contributed by atoms with E-state index in [2.05, 4.69) is 11.1 Å². The quantitative estimate of drug-likeness (QED) is 0.523. The third kappa shape index (κ3) is 4.14. The maximum absolute atomic E-state index is 9.62. The number of ether oxygens (including phenoxy) is 1. The summed E-state index contributed by atoms with van der Waals surface area (Å²) in [5.74, 6) is 0. The van der Waals surface area contributed by atoms with Crippen LogP contribution in [0.15, 0.2) is 30.3 Å². The Bertz CT molecular complexity index is 287. The molecule has 0 radical (unpaired) electrons. The van der Waals surface area contributed by atoms with Gasteiger partial charge in [0.05, 0.1) is 13.2 Å². The van der Waals surface area contributed by atoms with Crippen LogP contribution in [0.1, 0.15) is 12.0 Å². The fraction of sp³-hybridized carbons (Fsp3) is 0.300. The molecule has 0 atom stereocenters. The van der Waals surface area contributed by atoms with E-state index in [9.17, 15) is 5.21 Å². The normalized spacial score (nSPS) is 8.92. The highest BCUT2D eigenvalue weighted by molar-refractivity contribution is 5.13. The highest BCUT2D eigenvalue weighted by Crippen LogP contribution is 2.00. The van der Waals surface area contributed by atoms with Crippen molar-refractivity contribution in [3.63, 3.8) is 0 Å². The lowest BCUT2D eigenvalue weighted by atomic mass is 10.2. The van der Waals surface area contributed by atoms with Crippen LogP contribution in [0.2, 0.25) is 0 Å². The average molecular weight is 177 g/mol. The molecule has 0 aliphatic carbocycles. The highest BCUT2D eigenvalue weighted by atomic mass is 16.5. The molecule has 0 unspecified atom stereocenters. The van der Waals surface area contributed by atoms with Gasteiger partial charge in [0.1, 0.15) is 6.42 Å². The zero-order valence-corrected chi connectivity index (χ0v) is 7.27. The summed E-state index contributed by atoms with van der Waals surface area (Å²) >= 11 is 0. The van der Waals surface area contributed by atoms with Crippen molar-refractivity contribution < 1.29 is 4.74 Å². The van der Waals surface area contributed by atoms with E-state index in [0.717, 1.165) is 5.56 Å². The zero-order chi connectivity index (χ0) is 9.36. The van der Waals surface area contributed by atoms with E-state index in [0.29, 0.717) is 19.6 Å². The Hall–Kier alpha value is -1.53. The van der Waals surface area contributed by atoms with Crippen molar-refractivity contribution in [1.82, 2.24) is 0 Å². The molecule has 0 saturated heterocycles. The fourth-order valence-corrected chi connectivity index (χ4v) is 0.928. The monoisotopic (exact) mass is 177 g/mol. The van der Waals surface area contributed by atoms with Crippen LogP contribution in [0.4, 0.5) is 0 Å². The molecule has 68 valence electrons. The van der Waals surface area contributed by atoms with Crippen molar-refractivity contribution in [1.29, 1.82) is 0 Å². The number of nitrogens with zero attached hydrogens (tertiary/aromatic N) is 1. The Morgan fingerprint density at radius 1 is 1.31 bits per heavy atom. The smallest absolute Gasteiger partial charge is 0.300 e. The number of benzene rings is 1. The molecule has 0 spiro atoms. The van der Waals surface area contributed by atoms with E-state index in [1.807, 2.05) is 30.3 Å². The molecule has 1 aromatic carbocycles. The molecule has 0 fully saturated rings. The van der Waals surface area contributed by atoms with Gasteiger partial charge in [-0.1, -0.05) is 30.3 Å². The largest absolute Gasteiger partial charge is 0.498 e. The Balaban J connectivity index is 2.16. The van der Waals surface area contributed by atoms with E-state index in [4.69, 9.17) is 4.74 Å². The van der Waals surface area contributed by atoms with Gasteiger partial charge in [-0.05, 0) is 5.56 Å². The molecular formula is C10H11NO2. The SMILES string of the molecule is [O-][N+]#CCCOCc1ccccc1. The zero-order valence-electron chi connectivity index (χ0n) is 7.27. The second-order valence-corrected chi connectivity index (χ2v) is 2.54. The maximum atomic E-state index is 9.62. The lowest BCUT2D eigenvalue weighted by Gasteiger charge is -1.99. The summed E-state index contributed by atoms with van der Waals surface area (Å²) in [7, 11) is 0. The van der Waals surface area contributed by atoms with Crippen LogP contribution in [0.3, 0.4) is 0 Å². The van der Waals surface area contributed by atoms with Crippen molar-refractivity contribution in [3.05, 3.63) is 46.1 Å². The van der Waals surface area contributed by atoms with Gasteiger partial charge in [-0.25, -0.2) is 0 Å². The molecule has 0 aliphatic heterocycles. The minimum Gasteiger partial charge on any atom is -0.498 e. The Morgan fingerprint density at radius 2 is 2.08 bits per heavy atom. The average Bonchev–Trinajstić information content (AvgIpc) is 2.19. The summed E-state index contributed by atoms with van der Waals surface area (Å²) < 4.78 is 5.26. The maximum Gasteiger partial charge on any atom is 0.300 e. The number of hydrogen-bond acceptors (Lipinski definition) is 2. The fourth-order valence-electron chi connectivity index (χ4n) is 0.928. The van der Waals surface area contributed by atoms with Gasteiger partial charge in [0, 0.05) is 5.01 Å². The van der Waals surface area contributed by atoms with E-state index >= 15 is 0 Å². The van der Waals surface area contributed by atoms with Crippen LogP contribution in [0.25, 0.3) is 5.01 Å². The second-order valence-electron chi connectivity index (χ2n) is 2.54. The minimum atomic E-state index is 0.455. The summed E-state index contributed by atoms with van der Waals surface area (Å²) in [6.45, 7) is 1.06. The number of rotatable bonds is 4. The Morgan fingerprint density at radius 3 is 2.77 bits per heavy atom. The van der Waals surface area contributed by atoms with Gasteiger partial charge in [0.15, 0.2) is 0 Å². The Kier molecular flexibility index (Phi) is 4.44. The van der Waals surface area contributed by atoms with Gasteiger partial charge in [-0.15, -0.1) is 0 Å². The summed E-state index contributed by atoms with van der Waals surface area (Å²) in [5, 5.41) is 12.1. The van der Waals surface area contributed by atoms with Crippen molar-refractivity contribution in [2.75, 3.05) is 6.61 Å². The van der Waals surface area contributed by atoms with E-state index in [1.54, 1.807) is 0 Å². The molecule has 1 rings (SSSR count). The van der Waals surface area contributed by atoms with Gasteiger partial charge in [0.25, 0.3) is 0 Å². The Labute approximate surface area is 77.4 Å². The van der Waals surface area contributed by atoms with Gasteiger partial charge in [-0.2, -0.15) is 0 Å². The van der Waals surface area contributed by atoms with Crippen molar-refractivity contribution in [2.24, 2.45) is 0 Å². The third-order valence-electron chi connectivity index (χ3n) is 1.53. The summed E-state index contributed by atoms with van der Waals surface area (Å²) in [5.41, 5.74) is 1.13. The molecule has 3 nitrogen and oxygen atoms in total. The molecule has 0 amide bonds. The first kappa shape index (κ1) is 9.56. The van der Waals surface area contributed by atoms with E-state index < -0.39 is 0 Å². The second kappa shape index (κ2) is 6.04. The van der Waals surface area contributed by atoms with Crippen LogP contribution in [-0.4, -0.2) is 6.61 Å². The first-order chi connectivity index (χ1) is 6.43. The van der Waals surface area contributed by atoms with Crippen LogP contribution in [-0.2, 0) is 11.3 Å². The highest BCUT2D eigenvalue weighted by Gasteiger charge is 1.91. The van der Waals surface area contributed by atoms with Crippen molar-refractivity contribution in [2.45, 2.75) is 13.0 Å². The molecule has 0 aliphatic rings. The van der Waals surface area contributed by atoms with Crippen molar-refractivity contribution in [3.8, 4) is 6.07 Å². The molecule has 13 heavy (non-hydrogen) atoms. The van der Waals surface area contributed by atoms with E-state index in [1.165, 1.54) is 0 Å². The lowest BCUT2D eigenvalue weighted by Crippen LogP contribution is -1.93. The minimum absolute atomic E-state index is 0.455. The standard InChI is InChI=1S/C10H11NO2/c12-11-7-4-8-13-9-10-5-2-1-3-6-10/h1-3,5-6H,4,8-9H2.